The van der Waals surface area contributed by atoms with Crippen molar-refractivity contribution in [2.24, 2.45) is 0 Å². The Kier molecular flexibility index (Phi) is 4.31. The van der Waals surface area contributed by atoms with Gasteiger partial charge in [-0.25, -0.2) is 0 Å². The second kappa shape index (κ2) is 5.77. The van der Waals surface area contributed by atoms with E-state index in [1.807, 2.05) is 20.8 Å². The molecule has 0 radical (unpaired) electrons. The van der Waals surface area contributed by atoms with Gasteiger partial charge in [0.15, 0.2) is 5.82 Å². The summed E-state index contributed by atoms with van der Waals surface area (Å²) in [7, 11) is 0. The third-order valence-corrected chi connectivity index (χ3v) is 2.95. The van der Waals surface area contributed by atoms with Crippen LogP contribution in [0.4, 0.5) is 0 Å². The van der Waals surface area contributed by atoms with Crippen molar-refractivity contribution in [2.75, 3.05) is 19.7 Å². The van der Waals surface area contributed by atoms with Crippen molar-refractivity contribution in [1.29, 1.82) is 0 Å². The van der Waals surface area contributed by atoms with Crippen molar-refractivity contribution in [1.82, 2.24) is 15.0 Å². The first-order valence-corrected chi connectivity index (χ1v) is 6.39. The van der Waals surface area contributed by atoms with E-state index in [0.29, 0.717) is 24.8 Å². The van der Waals surface area contributed by atoms with Crippen LogP contribution in [0.3, 0.4) is 0 Å². The zero-order chi connectivity index (χ0) is 13.1. The molecule has 102 valence electrons. The lowest BCUT2D eigenvalue weighted by molar-refractivity contribution is -0.0978. The fourth-order valence-corrected chi connectivity index (χ4v) is 2.14. The highest BCUT2D eigenvalue weighted by Crippen LogP contribution is 2.15. The molecular formula is C12H21N3O3. The van der Waals surface area contributed by atoms with Crippen molar-refractivity contribution >= 4 is 0 Å². The molecule has 1 aliphatic rings. The molecule has 6 heteroatoms. The van der Waals surface area contributed by atoms with Gasteiger partial charge in [0.2, 0.25) is 5.89 Å². The number of ether oxygens (including phenoxy) is 1. The van der Waals surface area contributed by atoms with E-state index in [9.17, 15) is 0 Å². The van der Waals surface area contributed by atoms with Gasteiger partial charge in [0.05, 0.1) is 25.4 Å². The Bertz CT molecular complexity index is 380. The van der Waals surface area contributed by atoms with Crippen molar-refractivity contribution in [3.05, 3.63) is 11.7 Å². The molecule has 0 aromatic carbocycles. The van der Waals surface area contributed by atoms with E-state index >= 15 is 0 Å². The molecule has 2 atom stereocenters. The van der Waals surface area contributed by atoms with Gasteiger partial charge in [0, 0.05) is 19.0 Å². The third-order valence-electron chi connectivity index (χ3n) is 2.95. The van der Waals surface area contributed by atoms with Crippen LogP contribution in [0.15, 0.2) is 4.52 Å². The van der Waals surface area contributed by atoms with Crippen LogP contribution in [0.2, 0.25) is 0 Å². The number of morpholine rings is 1. The Balaban J connectivity index is 1.95. The molecule has 1 aromatic heterocycles. The van der Waals surface area contributed by atoms with Crippen LogP contribution in [-0.4, -0.2) is 52.1 Å². The molecule has 1 N–H and O–H groups in total. The highest BCUT2D eigenvalue weighted by atomic mass is 16.5. The first-order valence-electron chi connectivity index (χ1n) is 6.39. The minimum Gasteiger partial charge on any atom is -0.394 e. The summed E-state index contributed by atoms with van der Waals surface area (Å²) in [4.78, 5) is 6.54. The summed E-state index contributed by atoms with van der Waals surface area (Å²) >= 11 is 0. The lowest BCUT2D eigenvalue weighted by Crippen LogP contribution is -2.47. The zero-order valence-electron chi connectivity index (χ0n) is 11.2. The van der Waals surface area contributed by atoms with Crippen LogP contribution >= 0.6 is 0 Å². The van der Waals surface area contributed by atoms with Gasteiger partial charge in [-0.05, 0) is 6.92 Å². The number of aliphatic hydroxyl groups is 1. The summed E-state index contributed by atoms with van der Waals surface area (Å²) in [5.74, 6) is 1.62. The third kappa shape index (κ3) is 3.28. The maximum Gasteiger partial charge on any atom is 0.229 e. The van der Waals surface area contributed by atoms with Gasteiger partial charge in [0.25, 0.3) is 0 Å². The Hall–Kier alpha value is -0.980. The Labute approximate surface area is 107 Å². The average molecular weight is 255 g/mol. The quantitative estimate of drug-likeness (QED) is 0.857. The smallest absolute Gasteiger partial charge is 0.229 e. The summed E-state index contributed by atoms with van der Waals surface area (Å²) in [6, 6.07) is 0. The van der Waals surface area contributed by atoms with E-state index in [-0.39, 0.29) is 24.7 Å². The SMILES string of the molecule is CC1CN(Cc2noc(C(C)C)n2)CC(CO)O1. The zero-order valence-corrected chi connectivity index (χ0v) is 11.2. The molecule has 0 bridgehead atoms. The molecule has 18 heavy (non-hydrogen) atoms. The molecule has 2 heterocycles. The first-order chi connectivity index (χ1) is 8.58. The lowest BCUT2D eigenvalue weighted by Gasteiger charge is -2.35. The van der Waals surface area contributed by atoms with Gasteiger partial charge in [-0.3, -0.25) is 4.90 Å². The van der Waals surface area contributed by atoms with Gasteiger partial charge in [-0.2, -0.15) is 4.98 Å². The topological polar surface area (TPSA) is 71.6 Å². The number of nitrogens with zero attached hydrogens (tertiary/aromatic N) is 3. The summed E-state index contributed by atoms with van der Waals surface area (Å²) in [6.45, 7) is 8.26. The van der Waals surface area contributed by atoms with Gasteiger partial charge in [-0.15, -0.1) is 0 Å². The molecule has 1 aromatic rings. The number of aromatic nitrogens is 2. The molecule has 1 aliphatic heterocycles. The fraction of sp³-hybridized carbons (Fsp3) is 0.833. The van der Waals surface area contributed by atoms with Crippen LogP contribution in [0.1, 0.15) is 38.4 Å². The monoisotopic (exact) mass is 255 g/mol. The van der Waals surface area contributed by atoms with Crippen LogP contribution in [-0.2, 0) is 11.3 Å². The van der Waals surface area contributed by atoms with Crippen LogP contribution in [0.5, 0.6) is 0 Å². The minimum absolute atomic E-state index is 0.0460. The van der Waals surface area contributed by atoms with Crippen LogP contribution < -0.4 is 0 Å². The van der Waals surface area contributed by atoms with Crippen LogP contribution in [0.25, 0.3) is 0 Å². The number of hydrogen-bond donors (Lipinski definition) is 1. The molecule has 0 saturated carbocycles. The van der Waals surface area contributed by atoms with Gasteiger partial charge < -0.3 is 14.4 Å². The summed E-state index contributed by atoms with van der Waals surface area (Å²) < 4.78 is 10.8. The lowest BCUT2D eigenvalue weighted by atomic mass is 10.2. The maximum atomic E-state index is 9.17. The number of hydrogen-bond acceptors (Lipinski definition) is 6. The van der Waals surface area contributed by atoms with Crippen molar-refractivity contribution in [2.45, 2.75) is 45.4 Å². The molecule has 0 aliphatic carbocycles. The Morgan fingerprint density at radius 1 is 1.44 bits per heavy atom. The van der Waals surface area contributed by atoms with Gasteiger partial charge in [-0.1, -0.05) is 19.0 Å². The molecule has 1 saturated heterocycles. The highest BCUT2D eigenvalue weighted by molar-refractivity contribution is 4.91. The predicted octanol–water partition coefficient (Wildman–Crippen LogP) is 0.775. The molecule has 0 spiro atoms. The van der Waals surface area contributed by atoms with Gasteiger partial charge >= 0.3 is 0 Å². The molecular weight excluding hydrogens is 234 g/mol. The molecule has 1 fully saturated rings. The average Bonchev–Trinajstić information content (AvgIpc) is 2.76. The van der Waals surface area contributed by atoms with Crippen molar-refractivity contribution < 1.29 is 14.4 Å². The standard InChI is InChI=1S/C12H21N3O3/c1-8(2)12-13-11(14-18-12)6-15-4-9(3)17-10(5-15)7-16/h8-10,16H,4-7H2,1-3H3. The summed E-state index contributed by atoms with van der Waals surface area (Å²) in [6.07, 6.45) is -0.00223. The highest BCUT2D eigenvalue weighted by Gasteiger charge is 2.25. The molecule has 2 unspecified atom stereocenters. The summed E-state index contributed by atoms with van der Waals surface area (Å²) in [5, 5.41) is 13.1. The van der Waals surface area contributed by atoms with E-state index in [0.717, 1.165) is 6.54 Å². The second-order valence-corrected chi connectivity index (χ2v) is 5.15. The Morgan fingerprint density at radius 3 is 2.83 bits per heavy atom. The number of rotatable bonds is 4. The van der Waals surface area contributed by atoms with E-state index in [1.165, 1.54) is 0 Å². The second-order valence-electron chi connectivity index (χ2n) is 5.15. The fourth-order valence-electron chi connectivity index (χ4n) is 2.14. The predicted molar refractivity (Wildman–Crippen MR) is 65.1 cm³/mol. The van der Waals surface area contributed by atoms with Gasteiger partial charge in [0.1, 0.15) is 0 Å². The minimum atomic E-state index is -0.120. The molecule has 6 nitrogen and oxygen atoms in total. The normalized spacial score (nSPS) is 25.8. The van der Waals surface area contributed by atoms with E-state index in [1.54, 1.807) is 0 Å². The Morgan fingerprint density at radius 2 is 2.22 bits per heavy atom. The van der Waals surface area contributed by atoms with Crippen molar-refractivity contribution in [3.8, 4) is 0 Å². The summed E-state index contributed by atoms with van der Waals surface area (Å²) in [5.41, 5.74) is 0. The molecule has 2 rings (SSSR count). The first kappa shape index (κ1) is 13.5. The largest absolute Gasteiger partial charge is 0.394 e. The van der Waals surface area contributed by atoms with E-state index in [2.05, 4.69) is 15.0 Å². The number of aliphatic hydroxyl groups excluding tert-OH is 1. The maximum absolute atomic E-state index is 9.17. The van der Waals surface area contributed by atoms with E-state index in [4.69, 9.17) is 14.4 Å². The van der Waals surface area contributed by atoms with E-state index < -0.39 is 0 Å². The molecule has 0 amide bonds. The van der Waals surface area contributed by atoms with Crippen molar-refractivity contribution in [3.63, 3.8) is 0 Å². The van der Waals surface area contributed by atoms with Crippen LogP contribution in [0, 0.1) is 0 Å².